The predicted octanol–water partition coefficient (Wildman–Crippen LogP) is 4.12. The summed E-state index contributed by atoms with van der Waals surface area (Å²) in [5.41, 5.74) is 2.69. The van der Waals surface area contributed by atoms with Gasteiger partial charge in [-0.3, -0.25) is 14.5 Å². The first-order valence-electron chi connectivity index (χ1n) is 11.0. The number of nitrogens with one attached hydrogen (secondary N) is 2. The molecule has 2 aromatic carbocycles. The van der Waals surface area contributed by atoms with Crippen LogP contribution in [0.4, 0.5) is 11.4 Å². The lowest BCUT2D eigenvalue weighted by atomic mass is 9.95. The van der Waals surface area contributed by atoms with Crippen LogP contribution in [0.25, 0.3) is 0 Å². The Bertz CT molecular complexity index is 919. The molecule has 0 spiro atoms. The number of carbonyl (C=O) groups is 2. The number of piperidine rings is 1. The van der Waals surface area contributed by atoms with Gasteiger partial charge in [0.1, 0.15) is 11.5 Å². The van der Waals surface area contributed by atoms with E-state index >= 15 is 0 Å². The van der Waals surface area contributed by atoms with Gasteiger partial charge in [-0.2, -0.15) is 0 Å². The van der Waals surface area contributed by atoms with Crippen molar-refractivity contribution in [2.24, 2.45) is 5.92 Å². The number of hydrogen-bond acceptors (Lipinski definition) is 5. The molecule has 0 aromatic heterocycles. The summed E-state index contributed by atoms with van der Waals surface area (Å²) >= 11 is 0. The van der Waals surface area contributed by atoms with Crippen LogP contribution in [-0.4, -0.2) is 50.6 Å². The van der Waals surface area contributed by atoms with Crippen LogP contribution >= 0.6 is 0 Å². The van der Waals surface area contributed by atoms with Crippen molar-refractivity contribution in [2.75, 3.05) is 44.5 Å². The second-order valence-electron chi connectivity index (χ2n) is 8.43. The summed E-state index contributed by atoms with van der Waals surface area (Å²) in [5.74, 6) is 1.58. The number of amides is 2. The Balaban J connectivity index is 1.46. The first kappa shape index (κ1) is 23.6. The van der Waals surface area contributed by atoms with Crippen LogP contribution in [0.3, 0.4) is 0 Å². The standard InChI is InChI=1S/C25H33N3O4/c1-17(2)18-5-7-20(8-6-18)26-25(30)19-11-13-28(14-12-19)16-24(29)27-22-10-9-21(31-3)15-23(22)32-4/h5-10,15,17,19H,11-14,16H2,1-4H3,(H,26,30)(H,27,29). The Kier molecular flexibility index (Phi) is 8.11. The van der Waals surface area contributed by atoms with E-state index in [1.54, 1.807) is 32.4 Å². The average Bonchev–Trinajstić information content (AvgIpc) is 2.80. The highest BCUT2D eigenvalue weighted by molar-refractivity contribution is 5.94. The minimum atomic E-state index is -0.110. The molecule has 1 fully saturated rings. The molecule has 0 aliphatic carbocycles. The van der Waals surface area contributed by atoms with Crippen LogP contribution in [0, 0.1) is 5.92 Å². The Morgan fingerprint density at radius 2 is 1.69 bits per heavy atom. The molecule has 2 aromatic rings. The molecule has 0 unspecified atom stereocenters. The quantitative estimate of drug-likeness (QED) is 0.647. The highest BCUT2D eigenvalue weighted by atomic mass is 16.5. The van der Waals surface area contributed by atoms with Crippen LogP contribution in [0.5, 0.6) is 11.5 Å². The van der Waals surface area contributed by atoms with Gasteiger partial charge >= 0.3 is 0 Å². The zero-order valence-corrected chi connectivity index (χ0v) is 19.3. The van der Waals surface area contributed by atoms with Crippen LogP contribution in [0.1, 0.15) is 38.2 Å². The Morgan fingerprint density at radius 1 is 1.00 bits per heavy atom. The van der Waals surface area contributed by atoms with Gasteiger partial charge in [-0.25, -0.2) is 0 Å². The maximum Gasteiger partial charge on any atom is 0.238 e. The van der Waals surface area contributed by atoms with E-state index in [9.17, 15) is 9.59 Å². The van der Waals surface area contributed by atoms with Crippen molar-refractivity contribution >= 4 is 23.2 Å². The first-order valence-corrected chi connectivity index (χ1v) is 11.0. The number of nitrogens with zero attached hydrogens (tertiary/aromatic N) is 1. The molecule has 7 nitrogen and oxygen atoms in total. The monoisotopic (exact) mass is 439 g/mol. The predicted molar refractivity (Wildman–Crippen MR) is 127 cm³/mol. The van der Waals surface area contributed by atoms with Gasteiger partial charge in [0.05, 0.1) is 26.5 Å². The lowest BCUT2D eigenvalue weighted by Crippen LogP contribution is -2.41. The van der Waals surface area contributed by atoms with Gasteiger partial charge in [0.15, 0.2) is 0 Å². The highest BCUT2D eigenvalue weighted by Crippen LogP contribution is 2.29. The fraction of sp³-hybridized carbons (Fsp3) is 0.440. The summed E-state index contributed by atoms with van der Waals surface area (Å²) < 4.78 is 10.5. The number of methoxy groups -OCH3 is 2. The van der Waals surface area contributed by atoms with Gasteiger partial charge in [-0.05, 0) is 61.7 Å². The van der Waals surface area contributed by atoms with Crippen molar-refractivity contribution in [3.05, 3.63) is 48.0 Å². The van der Waals surface area contributed by atoms with Crippen molar-refractivity contribution < 1.29 is 19.1 Å². The van der Waals surface area contributed by atoms with Crippen molar-refractivity contribution in [1.82, 2.24) is 4.90 Å². The summed E-state index contributed by atoms with van der Waals surface area (Å²) in [5, 5.41) is 5.93. The third-order valence-corrected chi connectivity index (χ3v) is 5.85. The SMILES string of the molecule is COc1ccc(NC(=O)CN2CCC(C(=O)Nc3ccc(C(C)C)cc3)CC2)c(OC)c1. The van der Waals surface area contributed by atoms with Gasteiger partial charge < -0.3 is 20.1 Å². The molecule has 0 bridgehead atoms. The maximum atomic E-state index is 12.6. The van der Waals surface area contributed by atoms with Crippen molar-refractivity contribution in [2.45, 2.75) is 32.6 Å². The third kappa shape index (κ3) is 6.23. The molecule has 2 amide bonds. The zero-order chi connectivity index (χ0) is 23.1. The van der Waals surface area contributed by atoms with Gasteiger partial charge in [-0.1, -0.05) is 26.0 Å². The molecule has 0 radical (unpaired) electrons. The summed E-state index contributed by atoms with van der Waals surface area (Å²) in [6, 6.07) is 13.3. The molecule has 2 N–H and O–H groups in total. The molecule has 32 heavy (non-hydrogen) atoms. The molecule has 172 valence electrons. The van der Waals surface area contributed by atoms with E-state index in [4.69, 9.17) is 9.47 Å². The van der Waals surface area contributed by atoms with E-state index < -0.39 is 0 Å². The van der Waals surface area contributed by atoms with Gasteiger partial charge in [0.25, 0.3) is 0 Å². The topological polar surface area (TPSA) is 79.9 Å². The number of hydrogen-bond donors (Lipinski definition) is 2. The van der Waals surface area contributed by atoms with Crippen LogP contribution in [0.2, 0.25) is 0 Å². The Labute approximate surface area is 190 Å². The van der Waals surface area contributed by atoms with Crippen LogP contribution in [0.15, 0.2) is 42.5 Å². The summed E-state index contributed by atoms with van der Waals surface area (Å²) in [4.78, 5) is 27.2. The Hall–Kier alpha value is -3.06. The third-order valence-electron chi connectivity index (χ3n) is 5.85. The van der Waals surface area contributed by atoms with Crippen LogP contribution in [-0.2, 0) is 9.59 Å². The van der Waals surface area contributed by atoms with Crippen LogP contribution < -0.4 is 20.1 Å². The van der Waals surface area contributed by atoms with E-state index in [-0.39, 0.29) is 24.3 Å². The van der Waals surface area contributed by atoms with Crippen molar-refractivity contribution in [1.29, 1.82) is 0 Å². The van der Waals surface area contributed by atoms with Gasteiger partial charge in [0, 0.05) is 17.7 Å². The molecule has 0 atom stereocenters. The van der Waals surface area contributed by atoms with E-state index in [0.717, 1.165) is 18.5 Å². The largest absolute Gasteiger partial charge is 0.497 e. The highest BCUT2D eigenvalue weighted by Gasteiger charge is 2.26. The molecule has 1 saturated heterocycles. The van der Waals surface area contributed by atoms with E-state index in [1.807, 2.05) is 12.1 Å². The van der Waals surface area contributed by atoms with E-state index in [0.29, 0.717) is 36.2 Å². The number of rotatable bonds is 8. The molecule has 1 aliphatic heterocycles. The minimum Gasteiger partial charge on any atom is -0.497 e. The fourth-order valence-corrected chi connectivity index (χ4v) is 3.84. The molecule has 7 heteroatoms. The normalized spacial score (nSPS) is 14.8. The average molecular weight is 440 g/mol. The fourth-order valence-electron chi connectivity index (χ4n) is 3.84. The smallest absolute Gasteiger partial charge is 0.238 e. The van der Waals surface area contributed by atoms with Gasteiger partial charge in [-0.15, -0.1) is 0 Å². The number of likely N-dealkylation sites (tertiary alicyclic amines) is 1. The summed E-state index contributed by atoms with van der Waals surface area (Å²) in [6.07, 6.45) is 1.46. The van der Waals surface area contributed by atoms with Crippen molar-refractivity contribution in [3.8, 4) is 11.5 Å². The second-order valence-corrected chi connectivity index (χ2v) is 8.43. The lowest BCUT2D eigenvalue weighted by molar-refractivity contribution is -0.121. The molecule has 1 aliphatic rings. The number of carbonyl (C=O) groups excluding carboxylic acids is 2. The molecular weight excluding hydrogens is 406 g/mol. The second kappa shape index (κ2) is 11.0. The zero-order valence-electron chi connectivity index (χ0n) is 19.3. The molecule has 0 saturated carbocycles. The van der Waals surface area contributed by atoms with E-state index in [2.05, 4.69) is 41.5 Å². The maximum absolute atomic E-state index is 12.6. The number of ether oxygens (including phenoxy) is 2. The van der Waals surface area contributed by atoms with E-state index in [1.165, 1.54) is 5.56 Å². The molecule has 1 heterocycles. The lowest BCUT2D eigenvalue weighted by Gasteiger charge is -2.30. The summed E-state index contributed by atoms with van der Waals surface area (Å²) in [7, 11) is 3.14. The summed E-state index contributed by atoms with van der Waals surface area (Å²) in [6.45, 7) is 5.99. The molecule has 3 rings (SSSR count). The first-order chi connectivity index (χ1) is 15.4. The number of benzene rings is 2. The van der Waals surface area contributed by atoms with Gasteiger partial charge in [0.2, 0.25) is 11.8 Å². The van der Waals surface area contributed by atoms with Crippen molar-refractivity contribution in [3.63, 3.8) is 0 Å². The molecular formula is C25H33N3O4. The minimum absolute atomic E-state index is 0.0410. The number of anilines is 2. The Morgan fingerprint density at radius 3 is 2.28 bits per heavy atom.